The first kappa shape index (κ1) is 18.1. The Bertz CT molecular complexity index is 906. The SMILES string of the molecule is CCONC(=O)c1ccc2cc(C(O)(c3cnc[nH]3)C(C)C)ccc2c1. The Labute approximate surface area is 152 Å². The molecule has 1 unspecified atom stereocenters. The number of hydrogen-bond acceptors (Lipinski definition) is 4. The molecule has 0 aliphatic carbocycles. The standard InChI is InChI=1S/C20H23N3O3/c1-4-26-23-19(24)16-6-5-15-10-17(8-7-14(15)9-16)20(25,13(2)3)18-11-21-12-22-18/h5-13,25H,4H2,1-3H3,(H,21,22)(H,23,24). The van der Waals surface area contributed by atoms with Gasteiger partial charge in [0.1, 0.15) is 5.60 Å². The maximum absolute atomic E-state index is 12.0. The fraction of sp³-hybridized carbons (Fsp3) is 0.300. The number of amides is 1. The minimum atomic E-state index is -1.17. The van der Waals surface area contributed by atoms with Crippen molar-refractivity contribution in [3.8, 4) is 0 Å². The smallest absolute Gasteiger partial charge is 0.274 e. The first-order valence-corrected chi connectivity index (χ1v) is 8.64. The molecule has 1 aromatic heterocycles. The molecule has 6 heteroatoms. The number of imidazole rings is 1. The summed E-state index contributed by atoms with van der Waals surface area (Å²) >= 11 is 0. The molecule has 6 nitrogen and oxygen atoms in total. The third-order valence-electron chi connectivity index (χ3n) is 4.60. The Kier molecular flexibility index (Phi) is 5.06. The number of aromatic nitrogens is 2. The van der Waals surface area contributed by atoms with E-state index in [2.05, 4.69) is 15.4 Å². The number of carbonyl (C=O) groups excluding carboxylic acids is 1. The van der Waals surface area contributed by atoms with Gasteiger partial charge in [0.25, 0.3) is 5.91 Å². The molecule has 1 atom stereocenters. The highest BCUT2D eigenvalue weighted by Gasteiger charge is 2.36. The second kappa shape index (κ2) is 7.27. The van der Waals surface area contributed by atoms with Gasteiger partial charge in [0.05, 0.1) is 24.8 Å². The van der Waals surface area contributed by atoms with Crippen molar-refractivity contribution in [3.63, 3.8) is 0 Å². The summed E-state index contributed by atoms with van der Waals surface area (Å²) in [6.07, 6.45) is 3.21. The van der Waals surface area contributed by atoms with Crippen molar-refractivity contribution in [2.24, 2.45) is 5.92 Å². The minimum absolute atomic E-state index is 0.0587. The number of aliphatic hydroxyl groups is 1. The first-order valence-electron chi connectivity index (χ1n) is 8.64. The number of rotatable bonds is 6. The zero-order chi connectivity index (χ0) is 18.7. The number of hydroxylamine groups is 1. The largest absolute Gasteiger partial charge is 0.379 e. The van der Waals surface area contributed by atoms with Crippen LogP contribution in [0.2, 0.25) is 0 Å². The molecule has 0 fully saturated rings. The van der Waals surface area contributed by atoms with Crippen LogP contribution in [0.5, 0.6) is 0 Å². The van der Waals surface area contributed by atoms with Crippen molar-refractivity contribution in [2.45, 2.75) is 26.4 Å². The molecule has 0 saturated heterocycles. The van der Waals surface area contributed by atoms with Crippen LogP contribution in [0, 0.1) is 5.92 Å². The molecule has 2 aromatic carbocycles. The molecule has 1 amide bonds. The number of benzene rings is 2. The van der Waals surface area contributed by atoms with Gasteiger partial charge in [-0.25, -0.2) is 10.5 Å². The van der Waals surface area contributed by atoms with Crippen molar-refractivity contribution in [2.75, 3.05) is 6.61 Å². The van der Waals surface area contributed by atoms with E-state index in [1.54, 1.807) is 31.6 Å². The van der Waals surface area contributed by atoms with Crippen molar-refractivity contribution >= 4 is 16.7 Å². The van der Waals surface area contributed by atoms with Crippen molar-refractivity contribution in [1.82, 2.24) is 15.4 Å². The Balaban J connectivity index is 2.00. The zero-order valence-corrected chi connectivity index (χ0v) is 15.1. The number of fused-ring (bicyclic) bond motifs is 1. The molecule has 0 aliphatic heterocycles. The van der Waals surface area contributed by atoms with Gasteiger partial charge in [0, 0.05) is 5.56 Å². The molecule has 0 bridgehead atoms. The number of nitrogens with one attached hydrogen (secondary N) is 2. The predicted octanol–water partition coefficient (Wildman–Crippen LogP) is 3.14. The van der Waals surface area contributed by atoms with E-state index in [4.69, 9.17) is 4.84 Å². The molecule has 136 valence electrons. The lowest BCUT2D eigenvalue weighted by molar-refractivity contribution is 0.0280. The summed E-state index contributed by atoms with van der Waals surface area (Å²) in [6.45, 7) is 6.14. The van der Waals surface area contributed by atoms with Gasteiger partial charge in [-0.1, -0.05) is 32.0 Å². The lowest BCUT2D eigenvalue weighted by Crippen LogP contribution is -2.33. The number of H-pyrrole nitrogens is 1. The molecule has 0 saturated carbocycles. The second-order valence-electron chi connectivity index (χ2n) is 6.53. The van der Waals surface area contributed by atoms with E-state index in [9.17, 15) is 9.90 Å². The summed E-state index contributed by atoms with van der Waals surface area (Å²) in [5.74, 6) is -0.342. The quantitative estimate of drug-likeness (QED) is 0.594. The van der Waals surface area contributed by atoms with Gasteiger partial charge in [-0.15, -0.1) is 0 Å². The molecular formula is C20H23N3O3. The molecule has 3 N–H and O–H groups in total. The molecule has 26 heavy (non-hydrogen) atoms. The highest BCUT2D eigenvalue weighted by molar-refractivity contribution is 5.98. The lowest BCUT2D eigenvalue weighted by Gasteiger charge is -2.32. The summed E-state index contributed by atoms with van der Waals surface area (Å²) in [7, 11) is 0. The third-order valence-corrected chi connectivity index (χ3v) is 4.60. The average molecular weight is 353 g/mol. The van der Waals surface area contributed by atoms with E-state index in [1.165, 1.54) is 0 Å². The summed E-state index contributed by atoms with van der Waals surface area (Å²) in [5.41, 5.74) is 3.17. The number of nitrogens with zero attached hydrogens (tertiary/aromatic N) is 1. The monoisotopic (exact) mass is 353 g/mol. The van der Waals surface area contributed by atoms with Gasteiger partial charge < -0.3 is 10.1 Å². The Morgan fingerprint density at radius 3 is 2.65 bits per heavy atom. The predicted molar refractivity (Wildman–Crippen MR) is 99.5 cm³/mol. The number of carbonyl (C=O) groups is 1. The van der Waals surface area contributed by atoms with Crippen LogP contribution < -0.4 is 5.48 Å². The second-order valence-corrected chi connectivity index (χ2v) is 6.53. The fourth-order valence-corrected chi connectivity index (χ4v) is 3.08. The van der Waals surface area contributed by atoms with Gasteiger partial charge in [0.2, 0.25) is 0 Å². The summed E-state index contributed by atoms with van der Waals surface area (Å²) in [4.78, 5) is 24.0. The lowest BCUT2D eigenvalue weighted by atomic mass is 9.80. The summed E-state index contributed by atoms with van der Waals surface area (Å²) in [5, 5.41) is 13.2. The molecular weight excluding hydrogens is 330 g/mol. The highest BCUT2D eigenvalue weighted by atomic mass is 16.6. The van der Waals surface area contributed by atoms with Gasteiger partial charge in [0.15, 0.2) is 0 Å². The fourth-order valence-electron chi connectivity index (χ4n) is 3.08. The van der Waals surface area contributed by atoms with E-state index >= 15 is 0 Å². The molecule has 0 aliphatic rings. The van der Waals surface area contributed by atoms with Gasteiger partial charge in [-0.3, -0.25) is 9.63 Å². The first-order chi connectivity index (χ1) is 12.5. The zero-order valence-electron chi connectivity index (χ0n) is 15.1. The molecule has 0 spiro atoms. The van der Waals surface area contributed by atoms with Crippen LogP contribution in [0.15, 0.2) is 48.9 Å². The van der Waals surface area contributed by atoms with Crippen LogP contribution >= 0.6 is 0 Å². The van der Waals surface area contributed by atoms with Crippen molar-refractivity contribution < 1.29 is 14.7 Å². The third kappa shape index (κ3) is 3.21. The maximum Gasteiger partial charge on any atom is 0.274 e. The molecule has 3 aromatic rings. The average Bonchev–Trinajstić information content (AvgIpc) is 3.19. The minimum Gasteiger partial charge on any atom is -0.379 e. The Morgan fingerprint density at radius 2 is 2.00 bits per heavy atom. The van der Waals surface area contributed by atoms with Crippen LogP contribution in [0.3, 0.4) is 0 Å². The van der Waals surface area contributed by atoms with E-state index in [1.807, 2.05) is 38.1 Å². The summed E-state index contributed by atoms with van der Waals surface area (Å²) < 4.78 is 0. The highest BCUT2D eigenvalue weighted by Crippen LogP contribution is 2.36. The van der Waals surface area contributed by atoms with Crippen LogP contribution in [-0.4, -0.2) is 27.6 Å². The molecule has 0 radical (unpaired) electrons. The maximum atomic E-state index is 12.0. The van der Waals surface area contributed by atoms with Gasteiger partial charge >= 0.3 is 0 Å². The molecule has 3 rings (SSSR count). The topological polar surface area (TPSA) is 87.2 Å². The van der Waals surface area contributed by atoms with Crippen molar-refractivity contribution in [1.29, 1.82) is 0 Å². The van der Waals surface area contributed by atoms with Gasteiger partial charge in [-0.2, -0.15) is 0 Å². The number of hydrogen-bond donors (Lipinski definition) is 3. The van der Waals surface area contributed by atoms with E-state index in [0.717, 1.165) is 16.3 Å². The van der Waals surface area contributed by atoms with Crippen LogP contribution in [0.4, 0.5) is 0 Å². The van der Waals surface area contributed by atoms with Crippen LogP contribution in [-0.2, 0) is 10.4 Å². The van der Waals surface area contributed by atoms with E-state index in [-0.39, 0.29) is 11.8 Å². The van der Waals surface area contributed by atoms with E-state index < -0.39 is 5.60 Å². The van der Waals surface area contributed by atoms with Crippen molar-refractivity contribution in [3.05, 3.63) is 65.7 Å². The van der Waals surface area contributed by atoms with Crippen LogP contribution in [0.25, 0.3) is 10.8 Å². The molecule has 1 heterocycles. The normalized spacial score (nSPS) is 13.7. The number of aromatic amines is 1. The summed E-state index contributed by atoms with van der Waals surface area (Å²) in [6, 6.07) is 11.1. The Morgan fingerprint density at radius 1 is 1.27 bits per heavy atom. The van der Waals surface area contributed by atoms with Crippen LogP contribution in [0.1, 0.15) is 42.4 Å². The van der Waals surface area contributed by atoms with E-state index in [0.29, 0.717) is 17.9 Å². The Hall–Kier alpha value is -2.70. The van der Waals surface area contributed by atoms with Gasteiger partial charge in [-0.05, 0) is 47.4 Å².